The van der Waals surface area contributed by atoms with E-state index < -0.39 is 5.41 Å². The molecule has 1 aliphatic carbocycles. The minimum atomic E-state index is -0.569. The van der Waals surface area contributed by atoms with E-state index in [1.54, 1.807) is 4.90 Å². The molecular formula is C20H28N2O3. The Bertz CT molecular complexity index is 663. The molecule has 0 aromatic heterocycles. The third-order valence-corrected chi connectivity index (χ3v) is 5.22. The highest BCUT2D eigenvalue weighted by Gasteiger charge is 2.37. The van der Waals surface area contributed by atoms with E-state index in [9.17, 15) is 9.59 Å². The van der Waals surface area contributed by atoms with Crippen LogP contribution in [0, 0.1) is 11.3 Å². The van der Waals surface area contributed by atoms with E-state index in [1.807, 2.05) is 39.0 Å². The number of hydrogen-bond acceptors (Lipinski definition) is 3. The van der Waals surface area contributed by atoms with Gasteiger partial charge in [-0.05, 0) is 51.8 Å². The van der Waals surface area contributed by atoms with Crippen molar-refractivity contribution in [1.82, 2.24) is 0 Å². The number of anilines is 2. The van der Waals surface area contributed by atoms with Gasteiger partial charge in [0.2, 0.25) is 11.8 Å². The molecule has 1 N–H and O–H groups in total. The Hall–Kier alpha value is -2.04. The number of nitrogens with one attached hydrogen (secondary N) is 1. The molecule has 3 rings (SSSR count). The first-order valence-electron chi connectivity index (χ1n) is 9.32. The summed E-state index contributed by atoms with van der Waals surface area (Å²) in [6.07, 6.45) is 5.41. The fourth-order valence-corrected chi connectivity index (χ4v) is 3.65. The molecule has 1 heterocycles. The highest BCUT2D eigenvalue weighted by atomic mass is 16.5. The third kappa shape index (κ3) is 3.65. The van der Waals surface area contributed by atoms with Crippen molar-refractivity contribution in [3.8, 4) is 5.75 Å². The maximum Gasteiger partial charge on any atom is 0.236 e. The summed E-state index contributed by atoms with van der Waals surface area (Å²) in [6.45, 7) is 6.67. The van der Waals surface area contributed by atoms with Crippen LogP contribution in [0.4, 0.5) is 11.4 Å². The maximum absolute atomic E-state index is 12.8. The average Bonchev–Trinajstić information content (AvgIpc) is 2.70. The van der Waals surface area contributed by atoms with Gasteiger partial charge in [-0.15, -0.1) is 0 Å². The van der Waals surface area contributed by atoms with Gasteiger partial charge >= 0.3 is 0 Å². The number of nitrogens with zero attached hydrogens (tertiary/aromatic N) is 1. The van der Waals surface area contributed by atoms with E-state index in [-0.39, 0.29) is 17.7 Å². The highest BCUT2D eigenvalue weighted by Crippen LogP contribution is 2.38. The number of benzene rings is 1. The van der Waals surface area contributed by atoms with E-state index in [0.717, 1.165) is 37.1 Å². The topological polar surface area (TPSA) is 58.6 Å². The molecule has 5 heteroatoms. The molecule has 0 saturated heterocycles. The molecule has 5 nitrogen and oxygen atoms in total. The van der Waals surface area contributed by atoms with Crippen molar-refractivity contribution in [2.24, 2.45) is 11.3 Å². The molecular weight excluding hydrogens is 316 g/mol. The van der Waals surface area contributed by atoms with Crippen LogP contribution in [0.1, 0.15) is 52.9 Å². The van der Waals surface area contributed by atoms with Crippen molar-refractivity contribution >= 4 is 23.2 Å². The quantitative estimate of drug-likeness (QED) is 0.902. The number of fused-ring (bicyclic) bond motifs is 1. The molecule has 0 atom stereocenters. The largest absolute Gasteiger partial charge is 0.490 e. The minimum absolute atomic E-state index is 0.0458. The first kappa shape index (κ1) is 17.8. The lowest BCUT2D eigenvalue weighted by atomic mass is 9.88. The predicted octanol–water partition coefficient (Wildman–Crippen LogP) is 3.98. The summed E-state index contributed by atoms with van der Waals surface area (Å²) < 4.78 is 5.87. The molecule has 1 aliphatic heterocycles. The van der Waals surface area contributed by atoms with Crippen molar-refractivity contribution < 1.29 is 14.3 Å². The number of rotatable bonds is 3. The van der Waals surface area contributed by atoms with Crippen LogP contribution in [0.2, 0.25) is 0 Å². The van der Waals surface area contributed by atoms with Crippen molar-refractivity contribution in [3.63, 3.8) is 0 Å². The van der Waals surface area contributed by atoms with Crippen molar-refractivity contribution in [3.05, 3.63) is 18.2 Å². The molecule has 1 saturated carbocycles. The van der Waals surface area contributed by atoms with Gasteiger partial charge in [-0.2, -0.15) is 0 Å². The van der Waals surface area contributed by atoms with Crippen LogP contribution in [-0.2, 0) is 9.59 Å². The Labute approximate surface area is 149 Å². The number of hydrogen-bond donors (Lipinski definition) is 1. The second-order valence-corrected chi connectivity index (χ2v) is 7.73. The molecule has 136 valence electrons. The Morgan fingerprint density at radius 3 is 2.68 bits per heavy atom. The third-order valence-electron chi connectivity index (χ3n) is 5.22. The summed E-state index contributed by atoms with van der Waals surface area (Å²) in [5.41, 5.74) is 0.893. The fourth-order valence-electron chi connectivity index (χ4n) is 3.65. The molecule has 1 aromatic rings. The zero-order chi connectivity index (χ0) is 18.0. The molecule has 0 unspecified atom stereocenters. The van der Waals surface area contributed by atoms with Gasteiger partial charge in [-0.25, -0.2) is 0 Å². The Morgan fingerprint density at radius 1 is 1.28 bits per heavy atom. The van der Waals surface area contributed by atoms with Crippen molar-refractivity contribution in [2.75, 3.05) is 23.4 Å². The second-order valence-electron chi connectivity index (χ2n) is 7.73. The van der Waals surface area contributed by atoms with E-state index in [0.29, 0.717) is 18.9 Å². The molecule has 1 aromatic carbocycles. The normalized spacial score (nSPS) is 20.4. The number of amides is 2. The van der Waals surface area contributed by atoms with Crippen molar-refractivity contribution in [1.29, 1.82) is 0 Å². The molecule has 2 aliphatic rings. The molecule has 0 spiro atoms. The molecule has 0 radical (unpaired) electrons. The first-order valence-corrected chi connectivity index (χ1v) is 9.32. The lowest BCUT2D eigenvalue weighted by Gasteiger charge is -2.27. The molecule has 0 bridgehead atoms. The van der Waals surface area contributed by atoms with Gasteiger partial charge in [0.15, 0.2) is 0 Å². The van der Waals surface area contributed by atoms with E-state index in [1.165, 1.54) is 6.42 Å². The van der Waals surface area contributed by atoms with Gasteiger partial charge < -0.3 is 15.0 Å². The smallest absolute Gasteiger partial charge is 0.236 e. The maximum atomic E-state index is 12.8. The van der Waals surface area contributed by atoms with Crippen LogP contribution >= 0.6 is 0 Å². The standard InChI is InChI=1S/C20H28N2O3/c1-4-22-16-12-15(21-18(23)14-8-6-5-7-9-14)10-11-17(16)25-13-20(2,3)19(22)24/h10-12,14H,4-9,13H2,1-3H3,(H,21,23). The first-order chi connectivity index (χ1) is 11.9. The summed E-state index contributed by atoms with van der Waals surface area (Å²) in [4.78, 5) is 27.0. The van der Waals surface area contributed by atoms with Gasteiger partial charge in [0.25, 0.3) is 0 Å². The van der Waals surface area contributed by atoms with Gasteiger partial charge in [0, 0.05) is 18.2 Å². The summed E-state index contributed by atoms with van der Waals surface area (Å²) in [7, 11) is 0. The van der Waals surface area contributed by atoms with Crippen LogP contribution in [0.3, 0.4) is 0 Å². The zero-order valence-electron chi connectivity index (χ0n) is 15.4. The van der Waals surface area contributed by atoms with Gasteiger partial charge in [0.05, 0.1) is 11.1 Å². The summed E-state index contributed by atoms with van der Waals surface area (Å²) in [6, 6.07) is 5.57. The van der Waals surface area contributed by atoms with Crippen LogP contribution in [0.5, 0.6) is 5.75 Å². The SMILES string of the molecule is CCN1C(=O)C(C)(C)COc2ccc(NC(=O)C3CCCCC3)cc21. The van der Waals surface area contributed by atoms with Gasteiger partial charge in [-0.3, -0.25) is 9.59 Å². The minimum Gasteiger partial charge on any atom is -0.490 e. The van der Waals surface area contributed by atoms with Crippen LogP contribution in [0.25, 0.3) is 0 Å². The Morgan fingerprint density at radius 2 is 2.00 bits per heavy atom. The zero-order valence-corrected chi connectivity index (χ0v) is 15.4. The van der Waals surface area contributed by atoms with Crippen LogP contribution < -0.4 is 15.0 Å². The number of ether oxygens (including phenoxy) is 1. The van der Waals surface area contributed by atoms with E-state index in [4.69, 9.17) is 4.74 Å². The summed E-state index contributed by atoms with van der Waals surface area (Å²) in [5, 5.41) is 3.03. The summed E-state index contributed by atoms with van der Waals surface area (Å²) in [5.74, 6) is 0.927. The Balaban J connectivity index is 1.83. The van der Waals surface area contributed by atoms with Gasteiger partial charge in [-0.1, -0.05) is 19.3 Å². The number of carbonyl (C=O) groups excluding carboxylic acids is 2. The summed E-state index contributed by atoms with van der Waals surface area (Å²) >= 11 is 0. The molecule has 1 fully saturated rings. The van der Waals surface area contributed by atoms with Crippen LogP contribution in [0.15, 0.2) is 18.2 Å². The highest BCUT2D eigenvalue weighted by molar-refractivity contribution is 6.00. The van der Waals surface area contributed by atoms with Crippen molar-refractivity contribution in [2.45, 2.75) is 52.9 Å². The molecule has 2 amide bonds. The van der Waals surface area contributed by atoms with E-state index in [2.05, 4.69) is 5.32 Å². The fraction of sp³-hybridized carbons (Fsp3) is 0.600. The lowest BCUT2D eigenvalue weighted by Crippen LogP contribution is -2.42. The van der Waals surface area contributed by atoms with Crippen LogP contribution in [-0.4, -0.2) is 25.0 Å². The lowest BCUT2D eigenvalue weighted by molar-refractivity contribution is -0.127. The van der Waals surface area contributed by atoms with Gasteiger partial charge in [0.1, 0.15) is 12.4 Å². The monoisotopic (exact) mass is 344 g/mol. The average molecular weight is 344 g/mol. The number of carbonyl (C=O) groups is 2. The predicted molar refractivity (Wildman–Crippen MR) is 98.9 cm³/mol. The Kier molecular flexibility index (Phi) is 5.02. The molecule has 25 heavy (non-hydrogen) atoms. The van der Waals surface area contributed by atoms with E-state index >= 15 is 0 Å². The second kappa shape index (κ2) is 7.06.